The van der Waals surface area contributed by atoms with Crippen molar-refractivity contribution in [3.8, 4) is 12.3 Å². The van der Waals surface area contributed by atoms with Crippen LogP contribution in [-0.2, 0) is 23.5 Å². The highest BCUT2D eigenvalue weighted by atomic mass is 28.4. The molecule has 194 valence electrons. The van der Waals surface area contributed by atoms with E-state index >= 15 is 0 Å². The molecule has 5 nitrogen and oxygen atoms in total. The zero-order valence-electron chi connectivity index (χ0n) is 23.0. The zero-order chi connectivity index (χ0) is 26.8. The molecule has 35 heavy (non-hydrogen) atoms. The van der Waals surface area contributed by atoms with E-state index in [-0.39, 0.29) is 19.6 Å². The van der Waals surface area contributed by atoms with Crippen molar-refractivity contribution in [2.75, 3.05) is 13.2 Å². The van der Waals surface area contributed by atoms with Crippen molar-refractivity contribution in [2.45, 2.75) is 85.4 Å². The lowest BCUT2D eigenvalue weighted by atomic mass is 9.73. The Morgan fingerprint density at radius 2 is 1.37 bits per heavy atom. The van der Waals surface area contributed by atoms with Gasteiger partial charge in [-0.1, -0.05) is 78.8 Å². The van der Waals surface area contributed by atoms with Gasteiger partial charge in [0.25, 0.3) is 8.32 Å². The smallest absolute Gasteiger partial charge is 0.325 e. The van der Waals surface area contributed by atoms with E-state index in [9.17, 15) is 9.59 Å². The van der Waals surface area contributed by atoms with Gasteiger partial charge in [0.05, 0.1) is 13.2 Å². The number of carbonyl (C=O) groups excluding carboxylic acids is 2. The van der Waals surface area contributed by atoms with E-state index in [0.29, 0.717) is 22.4 Å². The van der Waals surface area contributed by atoms with Gasteiger partial charge in [-0.2, -0.15) is 0 Å². The lowest BCUT2D eigenvalue weighted by Gasteiger charge is -2.43. The summed E-state index contributed by atoms with van der Waals surface area (Å²) in [6.45, 7) is 18.8. The molecule has 1 rings (SSSR count). The van der Waals surface area contributed by atoms with E-state index in [0.717, 1.165) is 5.56 Å². The topological polar surface area (TPSA) is 61.8 Å². The first-order chi connectivity index (χ1) is 16.4. The quantitative estimate of drug-likeness (QED) is 0.0960. The number of hydrogen-bond donors (Lipinski definition) is 0. The summed E-state index contributed by atoms with van der Waals surface area (Å²) in [5.41, 5.74) is 0.254. The minimum atomic E-state index is -2.34. The highest BCUT2D eigenvalue weighted by Gasteiger charge is 2.53. The number of hydrogen-bond acceptors (Lipinski definition) is 5. The SMILES string of the molecule is C#CCC(C(=O)OCC)(C(=O)OCC)C(C)/C=C(/O[Si](C(C)C)(C(C)C)C(C)C)c1ccccc1. The number of allylic oxidation sites excluding steroid dienone is 1. The molecule has 0 spiro atoms. The van der Waals surface area contributed by atoms with Gasteiger partial charge < -0.3 is 13.9 Å². The van der Waals surface area contributed by atoms with Crippen LogP contribution < -0.4 is 0 Å². The minimum Gasteiger partial charge on any atom is -0.542 e. The Bertz CT molecular complexity index is 856. The minimum absolute atomic E-state index is 0.132. The number of carbonyl (C=O) groups is 2. The Morgan fingerprint density at radius 1 is 0.914 bits per heavy atom. The second-order valence-electron chi connectivity index (χ2n) is 9.90. The van der Waals surface area contributed by atoms with Crippen molar-refractivity contribution < 1.29 is 23.5 Å². The van der Waals surface area contributed by atoms with E-state index in [1.807, 2.05) is 36.4 Å². The lowest BCUT2D eigenvalue weighted by Crippen LogP contribution is -2.48. The van der Waals surface area contributed by atoms with E-state index in [1.54, 1.807) is 20.8 Å². The van der Waals surface area contributed by atoms with Gasteiger partial charge in [-0.05, 0) is 36.5 Å². The molecule has 1 unspecified atom stereocenters. The molecule has 0 aliphatic rings. The third kappa shape index (κ3) is 6.58. The van der Waals surface area contributed by atoms with Gasteiger partial charge in [-0.3, -0.25) is 9.59 Å². The highest BCUT2D eigenvalue weighted by Crippen LogP contribution is 2.46. The summed E-state index contributed by atoms with van der Waals surface area (Å²) in [5.74, 6) is 1.20. The van der Waals surface area contributed by atoms with Crippen LogP contribution in [0.2, 0.25) is 16.6 Å². The highest BCUT2D eigenvalue weighted by molar-refractivity contribution is 6.78. The maximum absolute atomic E-state index is 13.3. The summed E-state index contributed by atoms with van der Waals surface area (Å²) in [6, 6.07) is 9.81. The molecule has 0 aromatic heterocycles. The van der Waals surface area contributed by atoms with Crippen LogP contribution in [0.3, 0.4) is 0 Å². The van der Waals surface area contributed by atoms with Crippen LogP contribution in [0, 0.1) is 23.7 Å². The number of terminal acetylenes is 1. The van der Waals surface area contributed by atoms with Gasteiger partial charge in [0.15, 0.2) is 5.41 Å². The standard InChI is InChI=1S/C29H44O5Si/c1-11-19-29(27(30)32-12-2,28(31)33-13-3)24(10)20-26(25-17-15-14-16-18-25)34-35(21(4)5,22(6)7)23(8)9/h1,14-18,20-24H,12-13,19H2,2-10H3/b26-20+. The van der Waals surface area contributed by atoms with Crippen LogP contribution in [-0.4, -0.2) is 33.5 Å². The van der Waals surface area contributed by atoms with Crippen LogP contribution in [0.1, 0.15) is 74.3 Å². The summed E-state index contributed by atoms with van der Waals surface area (Å²) in [6.07, 6.45) is 7.41. The summed E-state index contributed by atoms with van der Waals surface area (Å²) < 4.78 is 17.8. The van der Waals surface area contributed by atoms with E-state index in [2.05, 4.69) is 47.5 Å². The second kappa shape index (κ2) is 13.5. The van der Waals surface area contributed by atoms with Gasteiger partial charge >= 0.3 is 11.9 Å². The summed E-state index contributed by atoms with van der Waals surface area (Å²) in [7, 11) is -2.34. The van der Waals surface area contributed by atoms with Crippen LogP contribution >= 0.6 is 0 Å². The van der Waals surface area contributed by atoms with Crippen LogP contribution in [0.15, 0.2) is 36.4 Å². The zero-order valence-corrected chi connectivity index (χ0v) is 24.0. The Morgan fingerprint density at radius 3 is 1.74 bits per heavy atom. The molecule has 0 saturated heterocycles. The van der Waals surface area contributed by atoms with Gasteiger partial charge in [0.2, 0.25) is 0 Å². The predicted molar refractivity (Wildman–Crippen MR) is 145 cm³/mol. The molecule has 0 aliphatic heterocycles. The first-order valence-corrected chi connectivity index (χ1v) is 14.8. The van der Waals surface area contributed by atoms with Crippen molar-refractivity contribution >= 4 is 26.0 Å². The van der Waals surface area contributed by atoms with Crippen molar-refractivity contribution in [3.63, 3.8) is 0 Å². The van der Waals surface area contributed by atoms with Gasteiger partial charge in [-0.15, -0.1) is 12.3 Å². The van der Waals surface area contributed by atoms with Crippen LogP contribution in [0.25, 0.3) is 5.76 Å². The Kier molecular flexibility index (Phi) is 11.8. The average molecular weight is 501 g/mol. The number of benzene rings is 1. The molecule has 0 aliphatic carbocycles. The normalized spacial score (nSPS) is 13.5. The maximum atomic E-state index is 13.3. The molecule has 1 aromatic rings. The molecule has 0 radical (unpaired) electrons. The average Bonchev–Trinajstić information content (AvgIpc) is 2.79. The predicted octanol–water partition coefficient (Wildman–Crippen LogP) is 6.99. The van der Waals surface area contributed by atoms with Crippen LogP contribution in [0.4, 0.5) is 0 Å². The Balaban J connectivity index is 3.84. The molecular formula is C29H44O5Si. The van der Waals surface area contributed by atoms with Crippen LogP contribution in [0.5, 0.6) is 0 Å². The lowest BCUT2D eigenvalue weighted by molar-refractivity contribution is -0.174. The van der Waals surface area contributed by atoms with Crippen molar-refractivity contribution in [1.82, 2.24) is 0 Å². The molecule has 0 amide bonds. The third-order valence-corrected chi connectivity index (χ3v) is 12.9. The molecule has 0 bridgehead atoms. The Labute approximate surface area is 213 Å². The van der Waals surface area contributed by atoms with Gasteiger partial charge in [-0.25, -0.2) is 0 Å². The number of ether oxygens (including phenoxy) is 2. The summed E-state index contributed by atoms with van der Waals surface area (Å²) >= 11 is 0. The first kappa shape index (κ1) is 30.5. The molecule has 0 heterocycles. The van der Waals surface area contributed by atoms with E-state index < -0.39 is 31.6 Å². The number of esters is 2. The monoisotopic (exact) mass is 500 g/mol. The summed E-state index contributed by atoms with van der Waals surface area (Å²) in [5, 5.41) is 0. The van der Waals surface area contributed by atoms with Crippen molar-refractivity contribution in [3.05, 3.63) is 42.0 Å². The second-order valence-corrected chi connectivity index (χ2v) is 15.3. The molecule has 6 heteroatoms. The fourth-order valence-electron chi connectivity index (χ4n) is 5.15. The van der Waals surface area contributed by atoms with Gasteiger partial charge in [0.1, 0.15) is 5.76 Å². The molecule has 1 atom stereocenters. The van der Waals surface area contributed by atoms with Crippen molar-refractivity contribution in [2.24, 2.45) is 11.3 Å². The molecule has 1 aromatic carbocycles. The van der Waals surface area contributed by atoms with E-state index in [4.69, 9.17) is 20.3 Å². The molecule has 0 fully saturated rings. The molecule has 0 saturated carbocycles. The van der Waals surface area contributed by atoms with Gasteiger partial charge in [0, 0.05) is 17.9 Å². The third-order valence-electron chi connectivity index (χ3n) is 6.89. The fraction of sp³-hybridized carbons (Fsp3) is 0.586. The summed E-state index contributed by atoms with van der Waals surface area (Å²) in [4.78, 5) is 26.5. The van der Waals surface area contributed by atoms with E-state index in [1.165, 1.54) is 0 Å². The number of rotatable bonds is 13. The largest absolute Gasteiger partial charge is 0.542 e. The Hall–Kier alpha value is -2.52. The molecule has 0 N–H and O–H groups in total. The molecular weight excluding hydrogens is 456 g/mol. The van der Waals surface area contributed by atoms with Crippen molar-refractivity contribution in [1.29, 1.82) is 0 Å². The maximum Gasteiger partial charge on any atom is 0.325 e. The first-order valence-electron chi connectivity index (χ1n) is 12.7. The fourth-order valence-corrected chi connectivity index (χ4v) is 10.4.